The fourth-order valence-electron chi connectivity index (χ4n) is 4.00. The van der Waals surface area contributed by atoms with Gasteiger partial charge >= 0.3 is 0 Å². The summed E-state index contributed by atoms with van der Waals surface area (Å²) in [5.74, 6) is 0. The molecule has 2 aromatic rings. The minimum absolute atomic E-state index is 0.194. The third-order valence-corrected chi connectivity index (χ3v) is 7.63. The van der Waals surface area contributed by atoms with E-state index in [1.54, 1.807) is 22.7 Å². The Morgan fingerprint density at radius 3 is 1.86 bits per heavy atom. The molecule has 2 heterocycles. The van der Waals surface area contributed by atoms with Crippen molar-refractivity contribution in [3.63, 3.8) is 0 Å². The molecule has 2 aliphatic rings. The lowest BCUT2D eigenvalue weighted by molar-refractivity contribution is 0.460. The molecular weight excluding hydrogens is 400 g/mol. The Hall–Kier alpha value is -1.22. The Kier molecular flexibility index (Phi) is 5.18. The van der Waals surface area contributed by atoms with E-state index in [1.165, 1.54) is 9.75 Å². The van der Waals surface area contributed by atoms with Gasteiger partial charge in [0.15, 0.2) is 10.3 Å². The van der Waals surface area contributed by atoms with Gasteiger partial charge in [-0.25, -0.2) is 9.97 Å². The van der Waals surface area contributed by atoms with Gasteiger partial charge < -0.3 is 21.3 Å². The van der Waals surface area contributed by atoms with Crippen LogP contribution in [0.4, 0.5) is 10.3 Å². The zero-order valence-electron chi connectivity index (χ0n) is 22.6. The Bertz CT molecular complexity index is 896. The Balaban J connectivity index is 1.20. The number of aromatic nitrogens is 2. The first kappa shape index (κ1) is 14.7. The van der Waals surface area contributed by atoms with Gasteiger partial charge in [0.25, 0.3) is 0 Å². The summed E-state index contributed by atoms with van der Waals surface area (Å²) in [5, 5.41) is 15.3. The lowest BCUT2D eigenvalue weighted by Crippen LogP contribution is -2.34. The number of anilines is 2. The van der Waals surface area contributed by atoms with Gasteiger partial charge in [-0.2, -0.15) is 0 Å². The topological polar surface area (TPSA) is 73.9 Å². The molecule has 29 heavy (non-hydrogen) atoms. The van der Waals surface area contributed by atoms with Crippen molar-refractivity contribution in [3.8, 4) is 0 Å². The van der Waals surface area contributed by atoms with Crippen molar-refractivity contribution < 1.29 is 8.22 Å². The molecule has 8 heteroatoms. The minimum Gasteiger partial charge on any atom is -0.344 e. The van der Waals surface area contributed by atoms with E-state index < -0.39 is 13.7 Å². The monoisotopic (exact) mass is 440 g/mol. The fraction of sp³-hybridized carbons (Fsp3) is 0.714. The first-order valence-corrected chi connectivity index (χ1v) is 12.1. The van der Waals surface area contributed by atoms with Gasteiger partial charge in [-0.1, -0.05) is 13.7 Å². The fourth-order valence-corrected chi connectivity index (χ4v) is 6.16. The van der Waals surface area contributed by atoms with Crippen LogP contribution >= 0.6 is 22.7 Å². The Labute approximate surface area is 190 Å². The van der Waals surface area contributed by atoms with Crippen molar-refractivity contribution in [1.82, 2.24) is 20.6 Å². The van der Waals surface area contributed by atoms with E-state index in [-0.39, 0.29) is 12.8 Å². The Morgan fingerprint density at radius 2 is 1.38 bits per heavy atom. The van der Waals surface area contributed by atoms with Gasteiger partial charge in [-0.3, -0.25) is 0 Å². The SMILES string of the molecule is [2H]C([2H])([2H])CCN[C@H]1CCc2nc(NCNc3nc4c(s3)C[C@@H](NCCC([2H])([2H])[2H])CC4)sc2C1. The maximum absolute atomic E-state index is 7.33. The minimum atomic E-state index is -1.88. The van der Waals surface area contributed by atoms with Crippen molar-refractivity contribution in [2.24, 2.45) is 0 Å². The summed E-state index contributed by atoms with van der Waals surface area (Å²) in [6.07, 6.45) is 5.95. The summed E-state index contributed by atoms with van der Waals surface area (Å²) in [6.45, 7) is -2.18. The average molecular weight is 441 g/mol. The standard InChI is InChI=1S/C21H34N6S2/c1-3-9-22-14-5-7-16-18(11-14)28-20(26-16)24-13-25-21-27-17-8-6-15(23-10-4-2)12-19(17)29-21/h14-15,22-23H,3-13H2,1-2H3,(H,24,26)(H,25,27)/t14-,15-/m0/s1/i1D3,2D3. The molecule has 2 atom stereocenters. The van der Waals surface area contributed by atoms with Crippen LogP contribution in [0.3, 0.4) is 0 Å². The molecular formula is C21H34N6S2. The van der Waals surface area contributed by atoms with E-state index in [1.807, 2.05) is 0 Å². The van der Waals surface area contributed by atoms with Crippen LogP contribution in [-0.4, -0.2) is 41.8 Å². The van der Waals surface area contributed by atoms with Gasteiger partial charge in [0.1, 0.15) is 0 Å². The number of aryl methyl sites for hydroxylation is 2. The summed E-state index contributed by atoms with van der Waals surface area (Å²) >= 11 is 3.34. The molecule has 0 spiro atoms. The van der Waals surface area contributed by atoms with Crippen molar-refractivity contribution in [2.45, 2.75) is 77.2 Å². The average Bonchev–Trinajstić information content (AvgIpc) is 3.34. The molecule has 2 aliphatic carbocycles. The molecule has 2 aromatic heterocycles. The van der Waals surface area contributed by atoms with Crippen molar-refractivity contribution in [3.05, 3.63) is 21.1 Å². The number of hydrogen-bond donors (Lipinski definition) is 4. The van der Waals surface area contributed by atoms with Gasteiger partial charge in [-0.05, 0) is 64.5 Å². The lowest BCUT2D eigenvalue weighted by atomic mass is 9.98. The third kappa shape index (κ3) is 5.48. The van der Waals surface area contributed by atoms with E-state index in [9.17, 15) is 0 Å². The van der Waals surface area contributed by atoms with Crippen molar-refractivity contribution in [2.75, 3.05) is 30.4 Å². The lowest BCUT2D eigenvalue weighted by Gasteiger charge is -2.21. The summed E-state index contributed by atoms with van der Waals surface area (Å²) in [6, 6.07) is 0.620. The van der Waals surface area contributed by atoms with Crippen LogP contribution in [0.25, 0.3) is 0 Å². The second kappa shape index (κ2) is 10.2. The number of nitrogens with one attached hydrogen (secondary N) is 4. The number of fused-ring (bicyclic) bond motifs is 2. The van der Waals surface area contributed by atoms with Crippen LogP contribution in [0, 0.1) is 0 Å². The number of rotatable bonds is 10. The highest BCUT2D eigenvalue weighted by Crippen LogP contribution is 2.31. The van der Waals surface area contributed by atoms with Crippen molar-refractivity contribution >= 4 is 32.9 Å². The second-order valence-electron chi connectivity index (χ2n) is 7.60. The summed E-state index contributed by atoms with van der Waals surface area (Å²) in [5.41, 5.74) is 2.29. The molecule has 0 saturated heterocycles. The number of nitrogens with zero attached hydrogens (tertiary/aromatic N) is 2. The Morgan fingerprint density at radius 1 is 0.862 bits per heavy atom. The third-order valence-electron chi connectivity index (χ3n) is 5.47. The quantitative estimate of drug-likeness (QED) is 0.421. The maximum Gasteiger partial charge on any atom is 0.184 e. The highest BCUT2D eigenvalue weighted by molar-refractivity contribution is 7.16. The van der Waals surface area contributed by atoms with E-state index >= 15 is 0 Å². The van der Waals surface area contributed by atoms with E-state index in [0.29, 0.717) is 31.8 Å². The normalized spacial score (nSPS) is 24.8. The van der Waals surface area contributed by atoms with Gasteiger partial charge in [0.2, 0.25) is 0 Å². The van der Waals surface area contributed by atoms with Gasteiger partial charge in [-0.15, -0.1) is 22.7 Å². The van der Waals surface area contributed by atoms with Gasteiger partial charge in [0, 0.05) is 30.1 Å². The highest BCUT2D eigenvalue weighted by atomic mass is 32.1. The first-order valence-electron chi connectivity index (χ1n) is 13.5. The van der Waals surface area contributed by atoms with Crippen LogP contribution in [0.1, 0.15) is 68.8 Å². The predicted octanol–water partition coefficient (Wildman–Crippen LogP) is 3.79. The van der Waals surface area contributed by atoms with Crippen LogP contribution in [0.15, 0.2) is 0 Å². The maximum atomic E-state index is 7.33. The molecule has 6 nitrogen and oxygen atoms in total. The van der Waals surface area contributed by atoms with Crippen LogP contribution < -0.4 is 21.3 Å². The van der Waals surface area contributed by atoms with Gasteiger partial charge in [0.05, 0.1) is 18.1 Å². The molecule has 0 aromatic carbocycles. The van der Waals surface area contributed by atoms with Crippen molar-refractivity contribution in [1.29, 1.82) is 0 Å². The van der Waals surface area contributed by atoms with E-state index in [0.717, 1.165) is 60.2 Å². The molecule has 160 valence electrons. The summed E-state index contributed by atoms with van der Waals surface area (Å²) < 4.78 is 44.0. The number of hydrogen-bond acceptors (Lipinski definition) is 8. The molecule has 4 rings (SSSR count). The molecule has 0 amide bonds. The molecule has 4 N–H and O–H groups in total. The van der Waals surface area contributed by atoms with Crippen LogP contribution in [0.5, 0.6) is 0 Å². The largest absolute Gasteiger partial charge is 0.344 e. The highest BCUT2D eigenvalue weighted by Gasteiger charge is 2.23. The predicted molar refractivity (Wildman–Crippen MR) is 125 cm³/mol. The first-order chi connectivity index (χ1) is 16.5. The number of thiazole rings is 2. The van der Waals surface area contributed by atoms with Crippen LogP contribution in [-0.2, 0) is 25.7 Å². The summed E-state index contributed by atoms with van der Waals surface area (Å²) in [7, 11) is 0. The molecule has 0 aliphatic heterocycles. The summed E-state index contributed by atoms with van der Waals surface area (Å²) in [4.78, 5) is 12.0. The van der Waals surface area contributed by atoms with Crippen LogP contribution in [0.2, 0.25) is 0 Å². The molecule has 0 unspecified atom stereocenters. The molecule has 0 fully saturated rings. The van der Waals surface area contributed by atoms with E-state index in [2.05, 4.69) is 21.3 Å². The molecule has 0 radical (unpaired) electrons. The smallest absolute Gasteiger partial charge is 0.184 e. The molecule has 0 bridgehead atoms. The van der Waals surface area contributed by atoms with E-state index in [4.69, 9.17) is 18.2 Å². The zero-order valence-corrected chi connectivity index (χ0v) is 18.3. The zero-order chi connectivity index (χ0) is 25.1. The molecule has 0 saturated carbocycles. The second-order valence-corrected chi connectivity index (χ2v) is 9.76.